The Morgan fingerprint density at radius 2 is 2.12 bits per heavy atom. The number of halogens is 3. The molecule has 0 aromatic rings. The Morgan fingerprint density at radius 3 is 2.65 bits per heavy atom. The third-order valence-electron chi connectivity index (χ3n) is 2.18. The number of aliphatic hydroxyl groups excluding tert-OH is 1. The minimum absolute atomic E-state index is 0.0366. The van der Waals surface area contributed by atoms with Gasteiger partial charge in [0.2, 0.25) is 0 Å². The van der Waals surface area contributed by atoms with Crippen LogP contribution in [0.5, 0.6) is 0 Å². The molecule has 17 heavy (non-hydrogen) atoms. The van der Waals surface area contributed by atoms with Crippen LogP contribution in [0.1, 0.15) is 6.92 Å². The Balaban J connectivity index is 2.26. The Kier molecular flexibility index (Phi) is 2.76. The van der Waals surface area contributed by atoms with Crippen LogP contribution in [0.4, 0.5) is 13.2 Å². The van der Waals surface area contributed by atoms with Gasteiger partial charge >= 0.3 is 6.18 Å². The van der Waals surface area contributed by atoms with Gasteiger partial charge in [-0.15, -0.1) is 5.53 Å². The number of hydrogen-bond donors (Lipinski definition) is 3. The number of nitrogens with one attached hydrogen (secondary N) is 2. The molecule has 2 rings (SSSR count). The van der Waals surface area contributed by atoms with Crippen LogP contribution in [-0.2, 0) is 0 Å². The average Bonchev–Trinajstić information content (AvgIpc) is 2.60. The van der Waals surface area contributed by atoms with Crippen LogP contribution in [0.2, 0.25) is 0 Å². The molecule has 94 valence electrons. The van der Waals surface area contributed by atoms with Crippen LogP contribution >= 0.6 is 12.2 Å². The molecule has 0 aliphatic carbocycles. The van der Waals surface area contributed by atoms with Crippen LogP contribution in [0.25, 0.3) is 0 Å². The van der Waals surface area contributed by atoms with E-state index >= 15 is 0 Å². The molecule has 0 aromatic heterocycles. The topological polar surface area (TPSA) is 50.8 Å². The van der Waals surface area contributed by atoms with Gasteiger partial charge < -0.3 is 10.4 Å². The highest BCUT2D eigenvalue weighted by molar-refractivity contribution is 7.80. The van der Waals surface area contributed by atoms with Gasteiger partial charge in [-0.2, -0.15) is 13.2 Å². The molecule has 2 aliphatic rings. The highest BCUT2D eigenvalue weighted by atomic mass is 32.1. The first-order chi connectivity index (χ1) is 7.79. The zero-order valence-corrected chi connectivity index (χ0v) is 9.43. The van der Waals surface area contributed by atoms with E-state index in [-0.39, 0.29) is 10.8 Å². The molecule has 0 amide bonds. The van der Waals surface area contributed by atoms with E-state index < -0.39 is 18.1 Å². The minimum atomic E-state index is -4.49. The van der Waals surface area contributed by atoms with Crippen molar-refractivity contribution in [2.75, 3.05) is 0 Å². The van der Waals surface area contributed by atoms with Crippen molar-refractivity contribution in [3.63, 3.8) is 0 Å². The highest BCUT2D eigenvalue weighted by Gasteiger charge is 2.40. The Hall–Kier alpha value is -1.32. The van der Waals surface area contributed by atoms with Gasteiger partial charge in [0, 0.05) is 6.08 Å². The maximum atomic E-state index is 12.5. The average molecular weight is 266 g/mol. The second-order valence-corrected chi connectivity index (χ2v) is 3.93. The Labute approximate surface area is 100 Å². The number of aliphatic hydroxyl groups is 1. The van der Waals surface area contributed by atoms with Gasteiger partial charge in [0.25, 0.3) is 0 Å². The molecule has 0 radical (unpaired) electrons. The lowest BCUT2D eigenvalue weighted by molar-refractivity contribution is -0.0968. The summed E-state index contributed by atoms with van der Waals surface area (Å²) in [7, 11) is 0. The number of hydrogen-bond acceptors (Lipinski definition) is 5. The third-order valence-corrected chi connectivity index (χ3v) is 2.48. The Bertz CT molecular complexity index is 417. The van der Waals surface area contributed by atoms with Crippen molar-refractivity contribution in [3.8, 4) is 0 Å². The molecule has 0 saturated heterocycles. The predicted octanol–water partition coefficient (Wildman–Crippen LogP) is 0.538. The van der Waals surface area contributed by atoms with E-state index in [0.717, 1.165) is 6.08 Å². The molecular formula is C8H9F3N4OS. The number of thiocarbonyl (C=S) groups is 1. The molecular weight excluding hydrogens is 257 g/mol. The van der Waals surface area contributed by atoms with E-state index in [1.54, 1.807) is 0 Å². The second-order valence-electron chi connectivity index (χ2n) is 3.51. The van der Waals surface area contributed by atoms with Crippen molar-refractivity contribution in [2.24, 2.45) is 0 Å². The van der Waals surface area contributed by atoms with E-state index in [0.29, 0.717) is 0 Å². The molecule has 2 heterocycles. The molecule has 2 aliphatic heterocycles. The summed E-state index contributed by atoms with van der Waals surface area (Å²) < 4.78 is 37.5. The standard InChI is InChI=1S/C8H9F3N4OS/c1-4(16)14-3-6-12-5(8(9,10)11)2-7(17)15(6)13-14/h2-4,12-13,16H,1H3/t4-/m0/s1. The molecule has 9 heteroatoms. The van der Waals surface area contributed by atoms with E-state index in [1.165, 1.54) is 23.1 Å². The van der Waals surface area contributed by atoms with Crippen LogP contribution < -0.4 is 10.9 Å². The van der Waals surface area contributed by atoms with Crippen LogP contribution in [0.3, 0.4) is 0 Å². The van der Waals surface area contributed by atoms with Gasteiger partial charge in [-0.25, -0.2) is 5.01 Å². The number of rotatable bonds is 1. The van der Waals surface area contributed by atoms with Crippen LogP contribution in [0, 0.1) is 0 Å². The first-order valence-corrected chi connectivity index (χ1v) is 5.04. The van der Waals surface area contributed by atoms with Gasteiger partial charge in [-0.1, -0.05) is 12.2 Å². The van der Waals surface area contributed by atoms with Gasteiger partial charge in [0.05, 0.1) is 6.20 Å². The second kappa shape index (κ2) is 3.86. The SMILES string of the molecule is C[C@H](O)N1C=C2NC(C(F)(F)F)=CC(=S)N2N1. The van der Waals surface area contributed by atoms with Crippen LogP contribution in [-0.4, -0.2) is 32.5 Å². The van der Waals surface area contributed by atoms with Crippen molar-refractivity contribution in [2.45, 2.75) is 19.3 Å². The monoisotopic (exact) mass is 266 g/mol. The molecule has 3 N–H and O–H groups in total. The molecule has 1 atom stereocenters. The lowest BCUT2D eigenvalue weighted by Crippen LogP contribution is -2.50. The zero-order chi connectivity index (χ0) is 12.8. The summed E-state index contributed by atoms with van der Waals surface area (Å²) in [6.45, 7) is 1.46. The first kappa shape index (κ1) is 12.1. The van der Waals surface area contributed by atoms with Crippen molar-refractivity contribution in [1.29, 1.82) is 0 Å². The quantitative estimate of drug-likeness (QED) is 0.602. The van der Waals surface area contributed by atoms with E-state index in [9.17, 15) is 18.3 Å². The first-order valence-electron chi connectivity index (χ1n) is 4.63. The van der Waals surface area contributed by atoms with E-state index in [2.05, 4.69) is 10.9 Å². The lowest BCUT2D eigenvalue weighted by atomic mass is 10.3. The highest BCUT2D eigenvalue weighted by Crippen LogP contribution is 2.28. The number of hydrazine groups is 2. The summed E-state index contributed by atoms with van der Waals surface area (Å²) in [5, 5.41) is 13.9. The lowest BCUT2D eigenvalue weighted by Gasteiger charge is -2.29. The fraction of sp³-hybridized carbons (Fsp3) is 0.375. The summed E-state index contributed by atoms with van der Waals surface area (Å²) in [5.41, 5.74) is 1.69. The van der Waals surface area contributed by atoms with Crippen molar-refractivity contribution in [3.05, 3.63) is 23.8 Å². The minimum Gasteiger partial charge on any atom is -0.372 e. The van der Waals surface area contributed by atoms with Gasteiger partial charge in [-0.05, 0) is 6.92 Å². The van der Waals surface area contributed by atoms with Crippen molar-refractivity contribution >= 4 is 17.2 Å². The van der Waals surface area contributed by atoms with Crippen LogP contribution in [0.15, 0.2) is 23.8 Å². The van der Waals surface area contributed by atoms with E-state index in [1.807, 2.05) is 0 Å². The molecule has 0 spiro atoms. The zero-order valence-electron chi connectivity index (χ0n) is 8.62. The summed E-state index contributed by atoms with van der Waals surface area (Å²) in [6, 6.07) is 0. The third kappa shape index (κ3) is 2.21. The maximum Gasteiger partial charge on any atom is 0.431 e. The summed E-state index contributed by atoms with van der Waals surface area (Å²) in [5.74, 6) is 0.116. The summed E-state index contributed by atoms with van der Waals surface area (Å²) in [6.07, 6.45) is -3.28. The summed E-state index contributed by atoms with van der Waals surface area (Å²) in [4.78, 5) is -0.0366. The number of allylic oxidation sites excluding steroid dienone is 1. The molecule has 0 aromatic carbocycles. The fourth-order valence-electron chi connectivity index (χ4n) is 1.35. The molecule has 0 fully saturated rings. The maximum absolute atomic E-state index is 12.5. The normalized spacial score (nSPS) is 21.8. The number of nitrogens with zero attached hydrogens (tertiary/aromatic N) is 2. The largest absolute Gasteiger partial charge is 0.431 e. The number of alkyl halides is 3. The fourth-order valence-corrected chi connectivity index (χ4v) is 1.61. The Morgan fingerprint density at radius 1 is 1.47 bits per heavy atom. The van der Waals surface area contributed by atoms with Crippen molar-refractivity contribution < 1.29 is 18.3 Å². The van der Waals surface area contributed by atoms with Gasteiger partial charge in [0.15, 0.2) is 0 Å². The van der Waals surface area contributed by atoms with Gasteiger partial charge in [0.1, 0.15) is 22.7 Å². The molecule has 0 bridgehead atoms. The molecule has 5 nitrogen and oxygen atoms in total. The van der Waals surface area contributed by atoms with E-state index in [4.69, 9.17) is 12.2 Å². The summed E-state index contributed by atoms with van der Waals surface area (Å²) >= 11 is 4.83. The van der Waals surface area contributed by atoms with Gasteiger partial charge in [-0.3, -0.25) is 5.01 Å². The molecule has 0 saturated carbocycles. The smallest absolute Gasteiger partial charge is 0.372 e. The van der Waals surface area contributed by atoms with Crippen molar-refractivity contribution in [1.82, 2.24) is 20.9 Å². The predicted molar refractivity (Wildman–Crippen MR) is 56.4 cm³/mol. The molecule has 0 unspecified atom stereocenters. The number of fused-ring (bicyclic) bond motifs is 1.